The van der Waals surface area contributed by atoms with Gasteiger partial charge in [0, 0.05) is 25.7 Å². The Morgan fingerprint density at radius 1 is 0.864 bits per heavy atom. The Balaban J connectivity index is 1.61. The van der Waals surface area contributed by atoms with Crippen LogP contribution in [0.3, 0.4) is 0 Å². The van der Waals surface area contributed by atoms with Crippen molar-refractivity contribution in [1.29, 1.82) is 0 Å². The zero-order valence-electron chi connectivity index (χ0n) is 13.2. The summed E-state index contributed by atoms with van der Waals surface area (Å²) in [6.45, 7) is 4.41. The first kappa shape index (κ1) is 15.3. The summed E-state index contributed by atoms with van der Waals surface area (Å²) in [4.78, 5) is 2.57. The third kappa shape index (κ3) is 4.69. The second-order valence-corrected chi connectivity index (χ2v) is 6.26. The second kappa shape index (κ2) is 8.11. The summed E-state index contributed by atoms with van der Waals surface area (Å²) < 4.78 is 0. The van der Waals surface area contributed by atoms with Crippen LogP contribution < -0.4 is 5.32 Å². The summed E-state index contributed by atoms with van der Waals surface area (Å²) in [6.07, 6.45) is 3.92. The predicted octanol–water partition coefficient (Wildman–Crippen LogP) is 3.83. The van der Waals surface area contributed by atoms with Crippen molar-refractivity contribution in [3.05, 3.63) is 71.8 Å². The van der Waals surface area contributed by atoms with Crippen LogP contribution >= 0.6 is 0 Å². The molecule has 0 saturated carbocycles. The number of rotatable bonds is 7. The summed E-state index contributed by atoms with van der Waals surface area (Å²) in [5.41, 5.74) is 2.80. The van der Waals surface area contributed by atoms with Crippen LogP contribution in [-0.2, 0) is 13.1 Å². The first-order valence-electron chi connectivity index (χ1n) is 8.44. The zero-order chi connectivity index (χ0) is 15.0. The van der Waals surface area contributed by atoms with Gasteiger partial charge in [0.1, 0.15) is 0 Å². The highest BCUT2D eigenvalue weighted by molar-refractivity contribution is 5.17. The minimum absolute atomic E-state index is 0.717. The molecule has 2 heteroatoms. The van der Waals surface area contributed by atoms with Gasteiger partial charge in [-0.25, -0.2) is 0 Å². The Bertz CT molecular complexity index is 491. The van der Waals surface area contributed by atoms with Crippen LogP contribution in [-0.4, -0.2) is 24.0 Å². The third-order valence-corrected chi connectivity index (χ3v) is 4.45. The van der Waals surface area contributed by atoms with Crippen molar-refractivity contribution in [2.24, 2.45) is 0 Å². The molecule has 0 aromatic heterocycles. The van der Waals surface area contributed by atoms with Crippen molar-refractivity contribution < 1.29 is 0 Å². The predicted molar refractivity (Wildman–Crippen MR) is 92.6 cm³/mol. The average Bonchev–Trinajstić information content (AvgIpc) is 3.08. The molecule has 1 atom stereocenters. The van der Waals surface area contributed by atoms with Crippen molar-refractivity contribution in [2.75, 3.05) is 13.1 Å². The van der Waals surface area contributed by atoms with E-state index in [1.54, 1.807) is 0 Å². The van der Waals surface area contributed by atoms with E-state index in [1.807, 2.05) is 0 Å². The van der Waals surface area contributed by atoms with Gasteiger partial charge in [-0.3, -0.25) is 4.90 Å². The van der Waals surface area contributed by atoms with Crippen LogP contribution in [0.5, 0.6) is 0 Å². The lowest BCUT2D eigenvalue weighted by Gasteiger charge is -2.24. The number of hydrogen-bond donors (Lipinski definition) is 1. The maximum atomic E-state index is 3.61. The smallest absolute Gasteiger partial charge is 0.0237 e. The summed E-state index contributed by atoms with van der Waals surface area (Å²) in [7, 11) is 0. The fourth-order valence-electron chi connectivity index (χ4n) is 3.24. The van der Waals surface area contributed by atoms with E-state index in [-0.39, 0.29) is 0 Å². The van der Waals surface area contributed by atoms with E-state index in [0.29, 0.717) is 6.04 Å². The first-order chi connectivity index (χ1) is 10.9. The van der Waals surface area contributed by atoms with Crippen LogP contribution in [0.15, 0.2) is 60.7 Å². The Hall–Kier alpha value is -1.64. The maximum Gasteiger partial charge on any atom is 0.0237 e. The molecular formula is C20H26N2. The van der Waals surface area contributed by atoms with Crippen LogP contribution in [0.4, 0.5) is 0 Å². The first-order valence-corrected chi connectivity index (χ1v) is 8.44. The molecule has 1 heterocycles. The lowest BCUT2D eigenvalue weighted by Crippen LogP contribution is -2.30. The SMILES string of the molecule is c1ccc(CN(CCC2CCCN2)Cc2ccccc2)cc1. The Morgan fingerprint density at radius 2 is 1.45 bits per heavy atom. The summed E-state index contributed by atoms with van der Waals surface area (Å²) >= 11 is 0. The van der Waals surface area contributed by atoms with E-state index in [2.05, 4.69) is 70.9 Å². The number of nitrogens with zero attached hydrogens (tertiary/aromatic N) is 1. The lowest BCUT2D eigenvalue weighted by atomic mass is 10.1. The summed E-state index contributed by atoms with van der Waals surface area (Å²) in [6, 6.07) is 22.3. The van der Waals surface area contributed by atoms with Crippen LogP contribution in [0.25, 0.3) is 0 Å². The van der Waals surface area contributed by atoms with Gasteiger partial charge in [-0.2, -0.15) is 0 Å². The van der Waals surface area contributed by atoms with E-state index < -0.39 is 0 Å². The molecule has 3 rings (SSSR count). The molecular weight excluding hydrogens is 268 g/mol. The Morgan fingerprint density at radius 3 is 1.95 bits per heavy atom. The number of benzene rings is 2. The van der Waals surface area contributed by atoms with E-state index in [4.69, 9.17) is 0 Å². The van der Waals surface area contributed by atoms with E-state index >= 15 is 0 Å². The molecule has 0 amide bonds. The monoisotopic (exact) mass is 294 g/mol. The molecule has 2 aromatic carbocycles. The summed E-state index contributed by atoms with van der Waals surface area (Å²) in [5.74, 6) is 0. The van der Waals surface area contributed by atoms with Gasteiger partial charge in [0.05, 0.1) is 0 Å². The molecule has 0 spiro atoms. The normalized spacial score (nSPS) is 18.0. The topological polar surface area (TPSA) is 15.3 Å². The lowest BCUT2D eigenvalue weighted by molar-refractivity contribution is 0.243. The number of nitrogens with one attached hydrogen (secondary N) is 1. The Kier molecular flexibility index (Phi) is 5.63. The second-order valence-electron chi connectivity index (χ2n) is 6.26. The standard InChI is InChI=1S/C20H26N2/c1-3-8-18(9-4-1)16-22(15-13-20-12-7-14-21-20)17-19-10-5-2-6-11-19/h1-6,8-11,20-21H,7,12-17H2. The van der Waals surface area contributed by atoms with Gasteiger partial charge in [0.25, 0.3) is 0 Å². The molecule has 0 bridgehead atoms. The Labute approximate surface area is 134 Å². The molecule has 0 aliphatic carbocycles. The van der Waals surface area contributed by atoms with Gasteiger partial charge in [-0.15, -0.1) is 0 Å². The minimum atomic E-state index is 0.717. The van der Waals surface area contributed by atoms with Gasteiger partial charge in [0.2, 0.25) is 0 Å². The van der Waals surface area contributed by atoms with Crippen molar-refractivity contribution >= 4 is 0 Å². The molecule has 1 unspecified atom stereocenters. The fourth-order valence-corrected chi connectivity index (χ4v) is 3.24. The van der Waals surface area contributed by atoms with Gasteiger partial charge < -0.3 is 5.32 Å². The molecule has 22 heavy (non-hydrogen) atoms. The van der Waals surface area contributed by atoms with Crippen molar-refractivity contribution in [3.63, 3.8) is 0 Å². The zero-order valence-corrected chi connectivity index (χ0v) is 13.2. The molecule has 1 fully saturated rings. The highest BCUT2D eigenvalue weighted by Crippen LogP contribution is 2.14. The molecule has 116 valence electrons. The molecule has 0 radical (unpaired) electrons. The average molecular weight is 294 g/mol. The van der Waals surface area contributed by atoms with Crippen LogP contribution in [0, 0.1) is 0 Å². The van der Waals surface area contributed by atoms with Crippen molar-refractivity contribution in [3.8, 4) is 0 Å². The molecule has 1 aliphatic rings. The molecule has 1 N–H and O–H groups in total. The van der Waals surface area contributed by atoms with Gasteiger partial charge in [-0.1, -0.05) is 60.7 Å². The largest absolute Gasteiger partial charge is 0.314 e. The molecule has 1 aliphatic heterocycles. The van der Waals surface area contributed by atoms with E-state index in [1.165, 1.54) is 36.9 Å². The maximum absolute atomic E-state index is 3.61. The van der Waals surface area contributed by atoms with Crippen LogP contribution in [0.1, 0.15) is 30.4 Å². The minimum Gasteiger partial charge on any atom is -0.314 e. The highest BCUT2D eigenvalue weighted by Gasteiger charge is 2.15. The van der Waals surface area contributed by atoms with Gasteiger partial charge in [-0.05, 0) is 36.9 Å². The quantitative estimate of drug-likeness (QED) is 0.835. The highest BCUT2D eigenvalue weighted by atomic mass is 15.1. The molecule has 1 saturated heterocycles. The molecule has 2 aromatic rings. The van der Waals surface area contributed by atoms with Crippen molar-refractivity contribution in [2.45, 2.75) is 38.4 Å². The van der Waals surface area contributed by atoms with Gasteiger partial charge >= 0.3 is 0 Å². The fraction of sp³-hybridized carbons (Fsp3) is 0.400. The van der Waals surface area contributed by atoms with Gasteiger partial charge in [0.15, 0.2) is 0 Å². The molecule has 2 nitrogen and oxygen atoms in total. The van der Waals surface area contributed by atoms with Crippen molar-refractivity contribution in [1.82, 2.24) is 10.2 Å². The summed E-state index contributed by atoms with van der Waals surface area (Å²) in [5, 5.41) is 3.61. The van der Waals surface area contributed by atoms with Crippen LogP contribution in [0.2, 0.25) is 0 Å². The van der Waals surface area contributed by atoms with E-state index in [0.717, 1.165) is 19.6 Å². The number of hydrogen-bond acceptors (Lipinski definition) is 2. The van der Waals surface area contributed by atoms with E-state index in [9.17, 15) is 0 Å². The third-order valence-electron chi connectivity index (χ3n) is 4.45.